The molecule has 0 bridgehead atoms. The maximum Gasteiger partial charge on any atom is 0.468 e. The summed E-state index contributed by atoms with van der Waals surface area (Å²) in [6, 6.07) is 2.04. The molecule has 3 heterocycles. The highest BCUT2D eigenvalue weighted by Crippen LogP contribution is 2.83. The summed E-state index contributed by atoms with van der Waals surface area (Å²) in [7, 11) is -0.754. The summed E-state index contributed by atoms with van der Waals surface area (Å²) in [5, 5.41) is 27.6. The second kappa shape index (κ2) is 4.51. The van der Waals surface area contributed by atoms with Crippen molar-refractivity contribution in [2.75, 3.05) is 6.54 Å². The lowest BCUT2D eigenvalue weighted by atomic mass is 9.65. The van der Waals surface area contributed by atoms with Crippen LogP contribution in [0.2, 0.25) is 0 Å². The SMILES string of the molecule is CCN1N=C([C@@H]2[C@H](C)CC3(O)C[C@@]34C[C@H]24)c2c(cnc3[nH]ccc23)B1O. The molecular weight excluding hydrogens is 327 g/mol. The molecule has 6 rings (SSSR count). The molecule has 134 valence electrons. The molecule has 3 aliphatic carbocycles. The molecule has 0 amide bonds. The van der Waals surface area contributed by atoms with Gasteiger partial charge in [0.25, 0.3) is 0 Å². The molecule has 0 radical (unpaired) electrons. The molecule has 3 N–H and O–H groups in total. The Bertz CT molecular complexity index is 974. The van der Waals surface area contributed by atoms with Crippen LogP contribution in [0.5, 0.6) is 0 Å². The number of aromatic amines is 1. The van der Waals surface area contributed by atoms with Crippen LogP contribution < -0.4 is 5.46 Å². The van der Waals surface area contributed by atoms with Gasteiger partial charge in [0.05, 0.1) is 11.3 Å². The second-order valence-corrected chi connectivity index (χ2v) is 8.83. The number of fused-ring (bicyclic) bond motifs is 3. The van der Waals surface area contributed by atoms with Crippen molar-refractivity contribution in [2.24, 2.45) is 28.3 Å². The predicted molar refractivity (Wildman–Crippen MR) is 100.0 cm³/mol. The van der Waals surface area contributed by atoms with Crippen LogP contribution in [0.25, 0.3) is 11.0 Å². The van der Waals surface area contributed by atoms with E-state index >= 15 is 0 Å². The van der Waals surface area contributed by atoms with Gasteiger partial charge in [0.15, 0.2) is 0 Å². The van der Waals surface area contributed by atoms with E-state index < -0.39 is 12.7 Å². The molecule has 6 nitrogen and oxygen atoms in total. The van der Waals surface area contributed by atoms with Gasteiger partial charge in [-0.25, -0.2) is 4.98 Å². The molecule has 5 atom stereocenters. The highest BCUT2D eigenvalue weighted by molar-refractivity contribution is 6.66. The molecule has 3 fully saturated rings. The molecule has 2 aromatic heterocycles. The number of aliphatic hydroxyl groups is 1. The van der Waals surface area contributed by atoms with Crippen molar-refractivity contribution in [1.29, 1.82) is 0 Å². The van der Waals surface area contributed by atoms with E-state index in [4.69, 9.17) is 5.10 Å². The summed E-state index contributed by atoms with van der Waals surface area (Å²) in [4.78, 5) is 9.45. The molecule has 0 aromatic carbocycles. The minimum Gasteiger partial charge on any atom is -0.428 e. The summed E-state index contributed by atoms with van der Waals surface area (Å²) in [6.07, 6.45) is 6.62. The van der Waals surface area contributed by atoms with Gasteiger partial charge in [0.2, 0.25) is 0 Å². The first-order chi connectivity index (χ1) is 12.5. The first-order valence-electron chi connectivity index (χ1n) is 9.71. The van der Waals surface area contributed by atoms with Crippen LogP contribution in [0.15, 0.2) is 23.6 Å². The maximum absolute atomic E-state index is 10.8. The van der Waals surface area contributed by atoms with Gasteiger partial charge in [-0.3, -0.25) is 0 Å². The zero-order chi connectivity index (χ0) is 17.8. The monoisotopic (exact) mass is 350 g/mol. The summed E-state index contributed by atoms with van der Waals surface area (Å²) >= 11 is 0. The molecular formula is C19H23BN4O2. The fourth-order valence-electron chi connectivity index (χ4n) is 6.20. The predicted octanol–water partition coefficient (Wildman–Crippen LogP) is 1.09. The van der Waals surface area contributed by atoms with Crippen LogP contribution >= 0.6 is 0 Å². The van der Waals surface area contributed by atoms with Gasteiger partial charge in [-0.05, 0) is 44.1 Å². The van der Waals surface area contributed by atoms with Crippen molar-refractivity contribution >= 4 is 29.3 Å². The summed E-state index contributed by atoms with van der Waals surface area (Å²) in [6.45, 7) is 4.92. The molecule has 1 spiro atoms. The number of hydrazone groups is 1. The Labute approximate surface area is 152 Å². The Kier molecular flexibility index (Phi) is 2.64. The summed E-state index contributed by atoms with van der Waals surface area (Å²) in [5.74, 6) is 1.23. The van der Waals surface area contributed by atoms with Gasteiger partial charge in [-0.2, -0.15) is 5.10 Å². The number of nitrogens with one attached hydrogen (secondary N) is 1. The third-order valence-corrected chi connectivity index (χ3v) is 7.56. The normalized spacial score (nSPS) is 40.0. The second-order valence-electron chi connectivity index (χ2n) is 8.83. The molecule has 2 aromatic rings. The standard InChI is InChI=1S/C19H23BN4O2/c1-3-24-20(26)13-8-22-17-11(4-5-21-17)15(13)16(23-24)14-10(2)6-19(25)9-18(19)7-12(14)18/h4-5,8,10,12,14,25-26H,3,6-7,9H2,1-2H3,(H,21,22)/t10-,12-,14-,18-,19?/m1/s1. The zero-order valence-electron chi connectivity index (χ0n) is 15.1. The Morgan fingerprint density at radius 3 is 3.08 bits per heavy atom. The Morgan fingerprint density at radius 2 is 2.27 bits per heavy atom. The van der Waals surface area contributed by atoms with Crippen LogP contribution in [0.4, 0.5) is 0 Å². The van der Waals surface area contributed by atoms with E-state index in [9.17, 15) is 10.1 Å². The van der Waals surface area contributed by atoms with E-state index in [0.29, 0.717) is 24.3 Å². The lowest BCUT2D eigenvalue weighted by Crippen LogP contribution is -2.53. The number of pyridine rings is 1. The van der Waals surface area contributed by atoms with Crippen molar-refractivity contribution in [3.05, 3.63) is 24.0 Å². The number of hydrogen-bond donors (Lipinski definition) is 3. The third-order valence-electron chi connectivity index (χ3n) is 7.56. The van der Waals surface area contributed by atoms with Crippen molar-refractivity contribution in [1.82, 2.24) is 14.9 Å². The lowest BCUT2D eigenvalue weighted by molar-refractivity contribution is 0.0647. The Balaban J connectivity index is 1.55. The highest BCUT2D eigenvalue weighted by atomic mass is 16.3. The van der Waals surface area contributed by atoms with Crippen LogP contribution in [-0.2, 0) is 0 Å². The fraction of sp³-hybridized carbons (Fsp3) is 0.579. The van der Waals surface area contributed by atoms with Gasteiger partial charge in [-0.15, -0.1) is 0 Å². The van der Waals surface area contributed by atoms with Crippen LogP contribution in [0, 0.1) is 23.2 Å². The number of hydrogen-bond acceptors (Lipinski definition) is 5. The largest absolute Gasteiger partial charge is 0.468 e. The quantitative estimate of drug-likeness (QED) is 0.708. The zero-order valence-corrected chi connectivity index (χ0v) is 15.1. The van der Waals surface area contributed by atoms with E-state index in [1.807, 2.05) is 19.2 Å². The smallest absolute Gasteiger partial charge is 0.428 e. The number of aromatic nitrogens is 2. The molecule has 26 heavy (non-hydrogen) atoms. The van der Waals surface area contributed by atoms with E-state index in [1.165, 1.54) is 0 Å². The van der Waals surface area contributed by atoms with Gasteiger partial charge >= 0.3 is 7.05 Å². The lowest BCUT2D eigenvalue weighted by Gasteiger charge is -2.37. The van der Waals surface area contributed by atoms with Crippen molar-refractivity contribution in [3.8, 4) is 0 Å². The van der Waals surface area contributed by atoms with Crippen molar-refractivity contribution < 1.29 is 10.1 Å². The number of rotatable bonds is 2. The average Bonchev–Trinajstić information content (AvgIpc) is 3.37. The fourth-order valence-corrected chi connectivity index (χ4v) is 6.20. The average molecular weight is 350 g/mol. The molecule has 1 aliphatic heterocycles. The third kappa shape index (κ3) is 1.62. The van der Waals surface area contributed by atoms with Gasteiger partial charge in [0.1, 0.15) is 5.65 Å². The van der Waals surface area contributed by atoms with Crippen LogP contribution in [-0.4, -0.2) is 49.9 Å². The summed E-state index contributed by atoms with van der Waals surface area (Å²) in [5.41, 5.74) is 3.57. The van der Waals surface area contributed by atoms with E-state index in [1.54, 1.807) is 11.1 Å². The Morgan fingerprint density at radius 1 is 1.42 bits per heavy atom. The summed E-state index contributed by atoms with van der Waals surface area (Å²) < 4.78 is 0. The van der Waals surface area contributed by atoms with E-state index in [2.05, 4.69) is 16.9 Å². The van der Waals surface area contributed by atoms with Gasteiger partial charge in [-0.1, -0.05) is 6.92 Å². The first kappa shape index (κ1) is 15.2. The highest BCUT2D eigenvalue weighted by Gasteiger charge is 2.83. The van der Waals surface area contributed by atoms with Crippen LogP contribution in [0.3, 0.4) is 0 Å². The van der Waals surface area contributed by atoms with E-state index in [-0.39, 0.29) is 5.41 Å². The topological polar surface area (TPSA) is 84.7 Å². The molecule has 1 unspecified atom stereocenters. The van der Waals surface area contributed by atoms with Gasteiger partial charge < -0.3 is 20.0 Å². The first-order valence-corrected chi connectivity index (χ1v) is 9.71. The van der Waals surface area contributed by atoms with E-state index in [0.717, 1.165) is 47.0 Å². The minimum atomic E-state index is -0.754. The molecule has 7 heteroatoms. The Hall–Kier alpha value is -1.86. The van der Waals surface area contributed by atoms with Crippen molar-refractivity contribution in [2.45, 2.75) is 38.7 Å². The number of nitrogens with zero attached hydrogens (tertiary/aromatic N) is 3. The molecule has 0 saturated heterocycles. The minimum absolute atomic E-state index is 0.157. The number of H-pyrrole nitrogens is 1. The maximum atomic E-state index is 10.8. The van der Waals surface area contributed by atoms with Crippen LogP contribution in [0.1, 0.15) is 38.7 Å². The molecule has 3 saturated carbocycles. The van der Waals surface area contributed by atoms with Gasteiger partial charge in [0, 0.05) is 46.7 Å². The van der Waals surface area contributed by atoms with Crippen molar-refractivity contribution in [3.63, 3.8) is 0 Å². The molecule has 4 aliphatic rings.